The van der Waals surface area contributed by atoms with Crippen molar-refractivity contribution in [3.8, 4) is 17.6 Å². The van der Waals surface area contributed by atoms with Crippen molar-refractivity contribution in [2.24, 2.45) is 0 Å². The van der Waals surface area contributed by atoms with E-state index in [1.165, 1.54) is 0 Å². The summed E-state index contributed by atoms with van der Waals surface area (Å²) in [5.41, 5.74) is 0. The summed E-state index contributed by atoms with van der Waals surface area (Å²) < 4.78 is 5.62. The van der Waals surface area contributed by atoms with Gasteiger partial charge in [-0.2, -0.15) is 0 Å². The molecular weight excluding hydrogens is 268 g/mol. The van der Waals surface area contributed by atoms with E-state index in [0.29, 0.717) is 11.6 Å². The van der Waals surface area contributed by atoms with Gasteiger partial charge in [0.15, 0.2) is 0 Å². The fourth-order valence-corrected chi connectivity index (χ4v) is 2.34. The quantitative estimate of drug-likeness (QED) is 0.873. The van der Waals surface area contributed by atoms with Crippen molar-refractivity contribution in [3.05, 3.63) is 51.2 Å². The van der Waals surface area contributed by atoms with Gasteiger partial charge in [0.1, 0.15) is 19.0 Å². The summed E-state index contributed by atoms with van der Waals surface area (Å²) in [4.78, 5) is 2.01. The smallest absolute Gasteiger partial charge is 0.122 e. The van der Waals surface area contributed by atoms with Crippen LogP contribution in [0, 0.1) is 11.8 Å². The number of hydrogen-bond donors (Lipinski definition) is 1. The van der Waals surface area contributed by atoms with E-state index in [1.807, 2.05) is 30.3 Å². The van der Waals surface area contributed by atoms with Crippen molar-refractivity contribution in [2.75, 3.05) is 6.61 Å². The third-order valence-corrected chi connectivity index (χ3v) is 3.34. The molecule has 18 heavy (non-hydrogen) atoms. The Balaban J connectivity index is 1.96. The van der Waals surface area contributed by atoms with Crippen molar-refractivity contribution in [1.82, 2.24) is 0 Å². The number of halogens is 1. The Kier molecular flexibility index (Phi) is 4.66. The summed E-state index contributed by atoms with van der Waals surface area (Å²) in [6.07, 6.45) is 0. The molecule has 92 valence electrons. The first-order valence-electron chi connectivity index (χ1n) is 5.35. The van der Waals surface area contributed by atoms with E-state index in [-0.39, 0.29) is 6.61 Å². The molecule has 4 heteroatoms. The van der Waals surface area contributed by atoms with Gasteiger partial charge >= 0.3 is 0 Å². The molecule has 2 rings (SSSR count). The van der Waals surface area contributed by atoms with Gasteiger partial charge in [0.2, 0.25) is 0 Å². The third-order valence-electron chi connectivity index (χ3n) is 2.13. The Morgan fingerprint density at radius 2 is 2.17 bits per heavy atom. The summed E-state index contributed by atoms with van der Waals surface area (Å²) in [7, 11) is 0. The zero-order chi connectivity index (χ0) is 12.8. The molecule has 1 aromatic heterocycles. The Bertz CT molecular complexity index is 581. The monoisotopic (exact) mass is 278 g/mol. The number of hydrogen-bond acceptors (Lipinski definition) is 3. The van der Waals surface area contributed by atoms with E-state index in [0.717, 1.165) is 15.5 Å². The molecule has 0 aliphatic heterocycles. The Morgan fingerprint density at radius 3 is 2.94 bits per heavy atom. The number of aliphatic hydroxyl groups excluding tert-OH is 1. The number of rotatable bonds is 3. The average Bonchev–Trinajstić information content (AvgIpc) is 2.82. The lowest BCUT2D eigenvalue weighted by Crippen LogP contribution is -1.92. The molecule has 0 spiro atoms. The van der Waals surface area contributed by atoms with Crippen LogP contribution in [0.25, 0.3) is 0 Å². The lowest BCUT2D eigenvalue weighted by molar-refractivity contribution is 0.310. The maximum atomic E-state index is 8.61. The summed E-state index contributed by atoms with van der Waals surface area (Å²) in [6, 6.07) is 11.2. The number of aliphatic hydroxyl groups is 1. The molecule has 0 unspecified atom stereocenters. The van der Waals surface area contributed by atoms with E-state index in [1.54, 1.807) is 17.4 Å². The number of thiophene rings is 1. The Hall–Kier alpha value is -1.47. The van der Waals surface area contributed by atoms with Gasteiger partial charge in [-0.15, -0.1) is 11.3 Å². The van der Waals surface area contributed by atoms with Gasteiger partial charge in [-0.1, -0.05) is 29.5 Å². The molecule has 0 amide bonds. The van der Waals surface area contributed by atoms with Gasteiger partial charge in [-0.25, -0.2) is 0 Å². The molecule has 0 saturated carbocycles. The van der Waals surface area contributed by atoms with Gasteiger partial charge in [-0.05, 0) is 30.3 Å². The van der Waals surface area contributed by atoms with Crippen LogP contribution in [0.2, 0.25) is 5.02 Å². The highest BCUT2D eigenvalue weighted by Gasteiger charge is 2.00. The minimum absolute atomic E-state index is 0.119. The maximum absolute atomic E-state index is 8.61. The first-order chi connectivity index (χ1) is 8.78. The molecule has 0 aliphatic carbocycles. The predicted octanol–water partition coefficient (Wildman–Crippen LogP) is 3.32. The van der Waals surface area contributed by atoms with E-state index in [9.17, 15) is 0 Å². The van der Waals surface area contributed by atoms with Crippen LogP contribution in [0.15, 0.2) is 36.4 Å². The van der Waals surface area contributed by atoms with Crippen LogP contribution >= 0.6 is 22.9 Å². The van der Waals surface area contributed by atoms with Crippen LogP contribution in [0.5, 0.6) is 5.75 Å². The van der Waals surface area contributed by atoms with Crippen LogP contribution in [0.1, 0.15) is 9.75 Å². The zero-order valence-corrected chi connectivity index (χ0v) is 11.1. The van der Waals surface area contributed by atoms with Crippen molar-refractivity contribution in [3.63, 3.8) is 0 Å². The largest absolute Gasteiger partial charge is 0.488 e. The highest BCUT2D eigenvalue weighted by molar-refractivity contribution is 7.12. The van der Waals surface area contributed by atoms with Crippen molar-refractivity contribution in [2.45, 2.75) is 6.61 Å². The third kappa shape index (κ3) is 3.78. The number of benzene rings is 1. The van der Waals surface area contributed by atoms with E-state index in [2.05, 4.69) is 11.8 Å². The predicted molar refractivity (Wildman–Crippen MR) is 74.1 cm³/mol. The highest BCUT2D eigenvalue weighted by atomic mass is 35.5. The highest BCUT2D eigenvalue weighted by Crippen LogP contribution is 2.21. The van der Waals surface area contributed by atoms with Crippen LogP contribution in [0.4, 0.5) is 0 Å². The zero-order valence-electron chi connectivity index (χ0n) is 9.52. The molecule has 1 heterocycles. The van der Waals surface area contributed by atoms with Crippen LogP contribution in [-0.4, -0.2) is 11.7 Å². The average molecular weight is 279 g/mol. The first-order valence-corrected chi connectivity index (χ1v) is 6.54. The molecule has 0 bridgehead atoms. The van der Waals surface area contributed by atoms with Gasteiger partial charge in [0.25, 0.3) is 0 Å². The lowest BCUT2D eigenvalue weighted by Gasteiger charge is -2.04. The molecule has 0 radical (unpaired) electrons. The SMILES string of the molecule is OCC#Cc1ccc(COc2cccc(Cl)c2)s1. The molecule has 0 saturated heterocycles. The van der Waals surface area contributed by atoms with Gasteiger partial charge < -0.3 is 9.84 Å². The summed E-state index contributed by atoms with van der Waals surface area (Å²) in [6.45, 7) is 0.373. The molecule has 0 fully saturated rings. The molecule has 2 nitrogen and oxygen atoms in total. The topological polar surface area (TPSA) is 29.5 Å². The van der Waals surface area contributed by atoms with E-state index < -0.39 is 0 Å². The molecule has 0 aliphatic rings. The summed E-state index contributed by atoms with van der Waals surface area (Å²) >= 11 is 7.42. The molecule has 1 aromatic carbocycles. The normalized spacial score (nSPS) is 9.67. The second-order valence-electron chi connectivity index (χ2n) is 3.47. The van der Waals surface area contributed by atoms with Gasteiger partial charge in [0, 0.05) is 9.90 Å². The molecule has 1 N–H and O–H groups in total. The summed E-state index contributed by atoms with van der Waals surface area (Å²) in [5.74, 6) is 6.23. The minimum atomic E-state index is -0.119. The summed E-state index contributed by atoms with van der Waals surface area (Å²) in [5, 5.41) is 9.27. The van der Waals surface area contributed by atoms with E-state index >= 15 is 0 Å². The lowest BCUT2D eigenvalue weighted by atomic mass is 10.3. The maximum Gasteiger partial charge on any atom is 0.122 e. The number of ether oxygens (including phenoxy) is 1. The first kappa shape index (κ1) is 13.0. The van der Waals surface area contributed by atoms with Crippen LogP contribution in [-0.2, 0) is 6.61 Å². The van der Waals surface area contributed by atoms with Gasteiger partial charge in [0.05, 0.1) is 4.88 Å². The van der Waals surface area contributed by atoms with Crippen molar-refractivity contribution >= 4 is 22.9 Å². The fourth-order valence-electron chi connectivity index (χ4n) is 1.36. The fraction of sp³-hybridized carbons (Fsp3) is 0.143. The van der Waals surface area contributed by atoms with Gasteiger partial charge in [-0.3, -0.25) is 0 Å². The molecular formula is C14H11ClO2S. The second kappa shape index (κ2) is 6.46. The van der Waals surface area contributed by atoms with Crippen molar-refractivity contribution < 1.29 is 9.84 Å². The Labute approximate surface area is 115 Å². The molecule has 0 atom stereocenters. The second-order valence-corrected chi connectivity index (χ2v) is 5.08. The standard InChI is InChI=1S/C14H11ClO2S/c15-11-3-1-4-12(9-11)17-10-14-7-6-13(18-14)5-2-8-16/h1,3-4,6-7,9,16H,8,10H2. The minimum Gasteiger partial charge on any atom is -0.488 e. The van der Waals surface area contributed by atoms with Crippen LogP contribution < -0.4 is 4.74 Å². The van der Waals surface area contributed by atoms with E-state index in [4.69, 9.17) is 21.4 Å². The Morgan fingerprint density at radius 1 is 1.28 bits per heavy atom. The van der Waals surface area contributed by atoms with Crippen molar-refractivity contribution in [1.29, 1.82) is 0 Å². The van der Waals surface area contributed by atoms with Crippen LogP contribution in [0.3, 0.4) is 0 Å². The molecule has 2 aromatic rings.